The van der Waals surface area contributed by atoms with Crippen molar-refractivity contribution in [2.75, 3.05) is 6.61 Å². The van der Waals surface area contributed by atoms with E-state index in [1.807, 2.05) is 13.8 Å². The van der Waals surface area contributed by atoms with Gasteiger partial charge in [0.25, 0.3) is 5.91 Å². The van der Waals surface area contributed by atoms with Gasteiger partial charge in [0.2, 0.25) is 0 Å². The van der Waals surface area contributed by atoms with Crippen molar-refractivity contribution < 1.29 is 14.3 Å². The molecule has 0 saturated heterocycles. The smallest absolute Gasteiger partial charge is 0.355 e. The molecule has 128 valence electrons. The Morgan fingerprint density at radius 1 is 1.26 bits per heavy atom. The molecule has 2 rings (SSSR count). The van der Waals surface area contributed by atoms with Crippen LogP contribution in [-0.2, 0) is 11.8 Å². The maximum absolute atomic E-state index is 12.8. The average Bonchev–Trinajstić information content (AvgIpc) is 2.72. The van der Waals surface area contributed by atoms with Gasteiger partial charge in [0, 0.05) is 18.8 Å². The maximum atomic E-state index is 12.8. The summed E-state index contributed by atoms with van der Waals surface area (Å²) >= 11 is 0. The summed E-state index contributed by atoms with van der Waals surface area (Å²) < 4.78 is 6.87. The highest BCUT2D eigenvalue weighted by Gasteiger charge is 2.28. The van der Waals surface area contributed by atoms with Crippen LogP contribution in [0.1, 0.15) is 71.6 Å². The summed E-state index contributed by atoms with van der Waals surface area (Å²) in [6.45, 7) is 7.98. The van der Waals surface area contributed by atoms with Gasteiger partial charge < -0.3 is 14.6 Å². The monoisotopic (exact) mass is 320 g/mol. The first kappa shape index (κ1) is 17.6. The first-order valence-corrected chi connectivity index (χ1v) is 8.52. The first-order chi connectivity index (χ1) is 10.9. The van der Waals surface area contributed by atoms with E-state index in [2.05, 4.69) is 12.2 Å². The topological polar surface area (TPSA) is 60.3 Å². The number of rotatable bonds is 4. The number of nitrogens with one attached hydrogen (secondary N) is 1. The molecule has 2 atom stereocenters. The standard InChI is InChI=1S/C18H28N2O3/c1-6-23-18(22)16-12(3)15(13(4)20(16)5)17(21)19-14-10-8-7-9-11(14)2/h11,14H,6-10H2,1-5H3,(H,19,21)/t11-,14-/m1/s1. The highest BCUT2D eigenvalue weighted by atomic mass is 16.5. The van der Waals surface area contributed by atoms with Gasteiger partial charge in [-0.2, -0.15) is 0 Å². The number of nitrogens with zero attached hydrogens (tertiary/aromatic N) is 1. The van der Waals surface area contributed by atoms with Crippen molar-refractivity contribution >= 4 is 11.9 Å². The Morgan fingerprint density at radius 2 is 1.91 bits per heavy atom. The molecule has 23 heavy (non-hydrogen) atoms. The molecule has 1 N–H and O–H groups in total. The Labute approximate surface area is 138 Å². The SMILES string of the molecule is CCOC(=O)c1c(C)c(C(=O)N[C@@H]2CCCC[C@H]2C)c(C)n1C. The molecule has 1 fully saturated rings. The predicted molar refractivity (Wildman–Crippen MR) is 89.7 cm³/mol. The van der Waals surface area contributed by atoms with E-state index in [9.17, 15) is 9.59 Å². The van der Waals surface area contributed by atoms with E-state index in [1.54, 1.807) is 18.5 Å². The lowest BCUT2D eigenvalue weighted by molar-refractivity contribution is 0.0514. The second-order valence-corrected chi connectivity index (χ2v) is 6.56. The Bertz CT molecular complexity index is 604. The fraction of sp³-hybridized carbons (Fsp3) is 0.667. The van der Waals surface area contributed by atoms with Crippen molar-refractivity contribution in [2.45, 2.75) is 59.4 Å². The molecule has 1 heterocycles. The molecule has 1 aliphatic carbocycles. The molecule has 1 aromatic rings. The molecular weight excluding hydrogens is 292 g/mol. The molecule has 1 aliphatic rings. The van der Waals surface area contributed by atoms with E-state index in [-0.39, 0.29) is 17.9 Å². The average molecular weight is 320 g/mol. The van der Waals surface area contributed by atoms with Gasteiger partial charge in [-0.25, -0.2) is 4.79 Å². The van der Waals surface area contributed by atoms with Gasteiger partial charge >= 0.3 is 5.97 Å². The lowest BCUT2D eigenvalue weighted by atomic mass is 9.86. The largest absolute Gasteiger partial charge is 0.461 e. The van der Waals surface area contributed by atoms with Gasteiger partial charge in [-0.05, 0) is 45.1 Å². The molecule has 0 bridgehead atoms. The molecule has 0 spiro atoms. The third-order valence-electron chi connectivity index (χ3n) is 5.05. The highest BCUT2D eigenvalue weighted by Crippen LogP contribution is 2.26. The lowest BCUT2D eigenvalue weighted by Gasteiger charge is -2.29. The zero-order valence-corrected chi connectivity index (χ0v) is 14.9. The quantitative estimate of drug-likeness (QED) is 0.867. The number of hydrogen-bond acceptors (Lipinski definition) is 3. The Hall–Kier alpha value is -1.78. The minimum atomic E-state index is -0.374. The van der Waals surface area contributed by atoms with Gasteiger partial charge in [-0.1, -0.05) is 19.8 Å². The second kappa shape index (κ2) is 7.20. The molecule has 1 aromatic heterocycles. The van der Waals surface area contributed by atoms with Crippen LogP contribution in [0.4, 0.5) is 0 Å². The van der Waals surface area contributed by atoms with E-state index in [4.69, 9.17) is 4.74 Å². The van der Waals surface area contributed by atoms with Crippen LogP contribution in [-0.4, -0.2) is 29.1 Å². The van der Waals surface area contributed by atoms with Crippen molar-refractivity contribution in [3.8, 4) is 0 Å². The summed E-state index contributed by atoms with van der Waals surface area (Å²) in [5, 5.41) is 3.17. The summed E-state index contributed by atoms with van der Waals surface area (Å²) in [5.74, 6) is 0.0483. The number of aromatic nitrogens is 1. The second-order valence-electron chi connectivity index (χ2n) is 6.56. The van der Waals surface area contributed by atoms with Crippen LogP contribution in [0.3, 0.4) is 0 Å². The van der Waals surface area contributed by atoms with Gasteiger partial charge in [0.1, 0.15) is 5.69 Å². The lowest BCUT2D eigenvalue weighted by Crippen LogP contribution is -2.41. The van der Waals surface area contributed by atoms with Crippen LogP contribution in [0, 0.1) is 19.8 Å². The number of carbonyl (C=O) groups excluding carboxylic acids is 2. The van der Waals surface area contributed by atoms with Crippen molar-refractivity contribution in [3.63, 3.8) is 0 Å². The van der Waals surface area contributed by atoms with E-state index < -0.39 is 0 Å². The Balaban J connectivity index is 2.26. The fourth-order valence-corrected chi connectivity index (χ4v) is 3.57. The Morgan fingerprint density at radius 3 is 2.52 bits per heavy atom. The first-order valence-electron chi connectivity index (χ1n) is 8.52. The van der Waals surface area contributed by atoms with Crippen LogP contribution in [0.2, 0.25) is 0 Å². The van der Waals surface area contributed by atoms with E-state index >= 15 is 0 Å². The van der Waals surface area contributed by atoms with E-state index in [1.165, 1.54) is 6.42 Å². The molecule has 0 unspecified atom stereocenters. The summed E-state index contributed by atoms with van der Waals surface area (Å²) in [4.78, 5) is 24.9. The predicted octanol–water partition coefficient (Wildman–Crippen LogP) is 3.13. The maximum Gasteiger partial charge on any atom is 0.355 e. The number of ether oxygens (including phenoxy) is 1. The molecule has 0 aliphatic heterocycles. The van der Waals surface area contributed by atoms with Gasteiger partial charge in [-0.3, -0.25) is 4.79 Å². The van der Waals surface area contributed by atoms with Gasteiger partial charge in [-0.15, -0.1) is 0 Å². The van der Waals surface area contributed by atoms with Crippen LogP contribution in [0.15, 0.2) is 0 Å². The van der Waals surface area contributed by atoms with Crippen LogP contribution in [0.5, 0.6) is 0 Å². The molecule has 0 aromatic carbocycles. The zero-order chi connectivity index (χ0) is 17.1. The van der Waals surface area contributed by atoms with Gasteiger partial charge in [0.05, 0.1) is 12.2 Å². The minimum absolute atomic E-state index is 0.0788. The molecule has 5 heteroatoms. The minimum Gasteiger partial charge on any atom is -0.461 e. The van der Waals surface area contributed by atoms with Crippen LogP contribution in [0.25, 0.3) is 0 Å². The molecule has 0 radical (unpaired) electrons. The molecular formula is C18H28N2O3. The highest BCUT2D eigenvalue weighted by molar-refractivity contribution is 6.01. The van der Waals surface area contributed by atoms with E-state index in [0.29, 0.717) is 29.3 Å². The fourth-order valence-electron chi connectivity index (χ4n) is 3.57. The van der Waals surface area contributed by atoms with Crippen molar-refractivity contribution in [2.24, 2.45) is 13.0 Å². The molecule has 5 nitrogen and oxygen atoms in total. The normalized spacial score (nSPS) is 21.1. The third kappa shape index (κ3) is 3.43. The van der Waals surface area contributed by atoms with Gasteiger partial charge in [0.15, 0.2) is 0 Å². The van der Waals surface area contributed by atoms with Crippen molar-refractivity contribution in [3.05, 3.63) is 22.5 Å². The third-order valence-corrected chi connectivity index (χ3v) is 5.05. The van der Waals surface area contributed by atoms with Crippen LogP contribution < -0.4 is 5.32 Å². The molecule has 1 amide bonds. The Kier molecular flexibility index (Phi) is 5.50. The summed E-state index contributed by atoms with van der Waals surface area (Å²) in [6, 6.07) is 0.223. The van der Waals surface area contributed by atoms with Crippen molar-refractivity contribution in [1.29, 1.82) is 0 Å². The number of hydrogen-bond donors (Lipinski definition) is 1. The number of esters is 1. The summed E-state index contributed by atoms with van der Waals surface area (Å²) in [7, 11) is 1.80. The number of amides is 1. The molecule has 1 saturated carbocycles. The summed E-state index contributed by atoms with van der Waals surface area (Å²) in [5.41, 5.74) is 2.57. The zero-order valence-electron chi connectivity index (χ0n) is 14.9. The number of carbonyl (C=O) groups is 2. The van der Waals surface area contributed by atoms with Crippen molar-refractivity contribution in [1.82, 2.24) is 9.88 Å². The van der Waals surface area contributed by atoms with Crippen LogP contribution >= 0.6 is 0 Å². The summed E-state index contributed by atoms with van der Waals surface area (Å²) in [6.07, 6.45) is 4.59. The van der Waals surface area contributed by atoms with E-state index in [0.717, 1.165) is 25.0 Å².